The van der Waals surface area contributed by atoms with Crippen molar-refractivity contribution in [2.75, 3.05) is 0 Å². The van der Waals surface area contributed by atoms with E-state index in [1.807, 2.05) is 12.1 Å². The van der Waals surface area contributed by atoms with Crippen LogP contribution in [0.15, 0.2) is 69.9 Å². The Morgan fingerprint density at radius 1 is 0.960 bits per heavy atom. The summed E-state index contributed by atoms with van der Waals surface area (Å²) in [6.07, 6.45) is 6.26. The molecule has 4 nitrogen and oxygen atoms in total. The average molecular weight is 376 g/mol. The van der Waals surface area contributed by atoms with Gasteiger partial charge in [0.05, 0.1) is 35.7 Å². The standard InChI is InChI=1S/C19H15Cl2NO3/c20-17-7-1-4-14(19(17)21)8-9-18(23)22(12-15-5-2-10-24-15)13-16-6-3-11-25-16/h1-11H,12-13H2/b9-8+. The lowest BCUT2D eigenvalue weighted by Crippen LogP contribution is -2.28. The van der Waals surface area contributed by atoms with Gasteiger partial charge in [0.25, 0.3) is 0 Å². The molecule has 1 amide bonds. The highest BCUT2D eigenvalue weighted by Crippen LogP contribution is 2.26. The third-order valence-corrected chi connectivity index (χ3v) is 4.39. The van der Waals surface area contributed by atoms with Crippen molar-refractivity contribution in [2.24, 2.45) is 0 Å². The first kappa shape index (κ1) is 17.4. The molecule has 1 aromatic carbocycles. The number of rotatable bonds is 6. The fraction of sp³-hybridized carbons (Fsp3) is 0.105. The molecule has 0 fully saturated rings. The van der Waals surface area contributed by atoms with E-state index in [0.717, 1.165) is 0 Å². The first-order chi connectivity index (χ1) is 12.1. The van der Waals surface area contributed by atoms with E-state index in [0.29, 0.717) is 40.2 Å². The van der Waals surface area contributed by atoms with Gasteiger partial charge in [-0.2, -0.15) is 0 Å². The first-order valence-electron chi connectivity index (χ1n) is 7.59. The van der Waals surface area contributed by atoms with Crippen molar-refractivity contribution in [3.8, 4) is 0 Å². The lowest BCUT2D eigenvalue weighted by atomic mass is 10.2. The van der Waals surface area contributed by atoms with Crippen molar-refractivity contribution < 1.29 is 13.6 Å². The quantitative estimate of drug-likeness (QED) is 0.540. The molecule has 2 aromatic heterocycles. The number of hydrogen-bond acceptors (Lipinski definition) is 3. The number of halogens is 2. The summed E-state index contributed by atoms with van der Waals surface area (Å²) in [7, 11) is 0. The minimum absolute atomic E-state index is 0.191. The highest BCUT2D eigenvalue weighted by molar-refractivity contribution is 6.42. The molecular formula is C19H15Cl2NO3. The zero-order chi connectivity index (χ0) is 17.6. The van der Waals surface area contributed by atoms with E-state index in [4.69, 9.17) is 32.0 Å². The molecule has 0 saturated carbocycles. The summed E-state index contributed by atoms with van der Waals surface area (Å²) in [4.78, 5) is 14.3. The summed E-state index contributed by atoms with van der Waals surface area (Å²) < 4.78 is 10.7. The molecule has 0 N–H and O–H groups in total. The lowest BCUT2D eigenvalue weighted by Gasteiger charge is -2.18. The normalized spacial score (nSPS) is 11.1. The van der Waals surface area contributed by atoms with E-state index in [9.17, 15) is 4.79 Å². The van der Waals surface area contributed by atoms with E-state index in [2.05, 4.69) is 0 Å². The van der Waals surface area contributed by atoms with Crippen molar-refractivity contribution in [1.82, 2.24) is 4.90 Å². The molecule has 128 valence electrons. The third-order valence-electron chi connectivity index (χ3n) is 3.55. The van der Waals surface area contributed by atoms with Gasteiger partial charge in [0.15, 0.2) is 0 Å². The Balaban J connectivity index is 1.78. The van der Waals surface area contributed by atoms with Crippen LogP contribution in [0, 0.1) is 0 Å². The van der Waals surface area contributed by atoms with Crippen molar-refractivity contribution in [3.63, 3.8) is 0 Å². The van der Waals surface area contributed by atoms with Crippen LogP contribution < -0.4 is 0 Å². The molecule has 2 heterocycles. The fourth-order valence-electron chi connectivity index (χ4n) is 2.31. The van der Waals surface area contributed by atoms with Crippen molar-refractivity contribution in [3.05, 3.63) is 88.2 Å². The smallest absolute Gasteiger partial charge is 0.247 e. The van der Waals surface area contributed by atoms with Gasteiger partial charge in [0.1, 0.15) is 11.5 Å². The number of benzene rings is 1. The SMILES string of the molecule is O=C(/C=C/c1cccc(Cl)c1Cl)N(Cc1ccco1)Cc1ccco1. The second kappa shape index (κ2) is 8.10. The van der Waals surface area contributed by atoms with Crippen molar-refractivity contribution in [2.45, 2.75) is 13.1 Å². The van der Waals surface area contributed by atoms with Crippen LogP contribution in [0.2, 0.25) is 10.0 Å². The van der Waals surface area contributed by atoms with Crippen LogP contribution in [-0.2, 0) is 17.9 Å². The zero-order valence-corrected chi connectivity index (χ0v) is 14.7. The molecule has 0 saturated heterocycles. The van der Waals surface area contributed by atoms with Gasteiger partial charge in [-0.15, -0.1) is 0 Å². The molecule has 0 aliphatic rings. The van der Waals surface area contributed by atoms with E-state index in [1.54, 1.807) is 53.8 Å². The van der Waals surface area contributed by atoms with Crippen molar-refractivity contribution >= 4 is 35.2 Å². The molecule has 0 unspecified atom stereocenters. The Bertz CT molecular complexity index is 819. The summed E-state index contributed by atoms with van der Waals surface area (Å²) in [5.41, 5.74) is 0.679. The number of carbonyl (C=O) groups is 1. The zero-order valence-electron chi connectivity index (χ0n) is 13.2. The lowest BCUT2D eigenvalue weighted by molar-refractivity contribution is -0.127. The van der Waals surface area contributed by atoms with Gasteiger partial charge >= 0.3 is 0 Å². The number of hydrogen-bond donors (Lipinski definition) is 0. The maximum Gasteiger partial charge on any atom is 0.247 e. The minimum atomic E-state index is -0.191. The molecule has 0 radical (unpaired) electrons. The molecule has 0 aliphatic carbocycles. The average Bonchev–Trinajstić information content (AvgIpc) is 3.29. The molecule has 0 aliphatic heterocycles. The predicted molar refractivity (Wildman–Crippen MR) is 97.2 cm³/mol. The fourth-order valence-corrected chi connectivity index (χ4v) is 2.68. The van der Waals surface area contributed by atoms with Crippen LogP contribution in [0.25, 0.3) is 6.08 Å². The van der Waals surface area contributed by atoms with E-state index in [-0.39, 0.29) is 5.91 Å². The molecule has 0 spiro atoms. The van der Waals surface area contributed by atoms with Crippen LogP contribution >= 0.6 is 23.2 Å². The van der Waals surface area contributed by atoms with Gasteiger partial charge in [0.2, 0.25) is 5.91 Å². The van der Waals surface area contributed by atoms with Crippen LogP contribution in [0.4, 0.5) is 0 Å². The maximum absolute atomic E-state index is 12.6. The number of furan rings is 2. The summed E-state index contributed by atoms with van der Waals surface area (Å²) in [5, 5.41) is 0.858. The Labute approximate surface area is 155 Å². The summed E-state index contributed by atoms with van der Waals surface area (Å²) in [6, 6.07) is 12.5. The molecule has 0 bridgehead atoms. The van der Waals surface area contributed by atoms with Crippen LogP contribution in [0.1, 0.15) is 17.1 Å². The highest BCUT2D eigenvalue weighted by atomic mass is 35.5. The Morgan fingerprint density at radius 2 is 1.60 bits per heavy atom. The van der Waals surface area contributed by atoms with Gasteiger partial charge in [-0.1, -0.05) is 35.3 Å². The maximum atomic E-state index is 12.6. The van der Waals surface area contributed by atoms with E-state index in [1.165, 1.54) is 6.08 Å². The van der Waals surface area contributed by atoms with Gasteiger partial charge in [0, 0.05) is 6.08 Å². The Hall–Kier alpha value is -2.43. The molecule has 3 rings (SSSR count). The number of nitrogens with zero attached hydrogens (tertiary/aromatic N) is 1. The Morgan fingerprint density at radius 3 is 2.16 bits per heavy atom. The molecule has 0 atom stereocenters. The van der Waals surface area contributed by atoms with Crippen molar-refractivity contribution in [1.29, 1.82) is 0 Å². The third kappa shape index (κ3) is 4.56. The van der Waals surface area contributed by atoms with Gasteiger partial charge in [-0.25, -0.2) is 0 Å². The summed E-state index contributed by atoms with van der Waals surface area (Å²) in [5.74, 6) is 1.19. The monoisotopic (exact) mass is 375 g/mol. The highest BCUT2D eigenvalue weighted by Gasteiger charge is 2.15. The molecule has 6 heteroatoms. The predicted octanol–water partition coefficient (Wildman–Crippen LogP) is 5.42. The van der Waals surface area contributed by atoms with Gasteiger partial charge < -0.3 is 13.7 Å². The van der Waals surface area contributed by atoms with E-state index < -0.39 is 0 Å². The van der Waals surface area contributed by atoms with Crippen LogP contribution in [-0.4, -0.2) is 10.8 Å². The largest absolute Gasteiger partial charge is 0.467 e. The topological polar surface area (TPSA) is 46.6 Å². The molecule has 3 aromatic rings. The summed E-state index contributed by atoms with van der Waals surface area (Å²) in [6.45, 7) is 0.667. The second-order valence-corrected chi connectivity index (χ2v) is 6.11. The number of carbonyl (C=O) groups excluding carboxylic acids is 1. The number of amides is 1. The first-order valence-corrected chi connectivity index (χ1v) is 8.35. The van der Waals surface area contributed by atoms with Crippen LogP contribution in [0.3, 0.4) is 0 Å². The van der Waals surface area contributed by atoms with E-state index >= 15 is 0 Å². The van der Waals surface area contributed by atoms with Gasteiger partial charge in [-0.3, -0.25) is 4.79 Å². The molecular weight excluding hydrogens is 361 g/mol. The minimum Gasteiger partial charge on any atom is -0.467 e. The second-order valence-electron chi connectivity index (χ2n) is 5.33. The Kier molecular flexibility index (Phi) is 5.64. The molecule has 25 heavy (non-hydrogen) atoms. The summed E-state index contributed by atoms with van der Waals surface area (Å²) >= 11 is 12.1. The van der Waals surface area contributed by atoms with Crippen LogP contribution in [0.5, 0.6) is 0 Å². The van der Waals surface area contributed by atoms with Gasteiger partial charge in [-0.05, 0) is 42.0 Å².